The summed E-state index contributed by atoms with van der Waals surface area (Å²) in [6.45, 7) is 6.17. The Labute approximate surface area is 125 Å². The molecule has 2 rings (SSSR count). The van der Waals surface area contributed by atoms with Crippen LogP contribution < -0.4 is 5.73 Å². The third-order valence-electron chi connectivity index (χ3n) is 3.89. The number of hydrogen-bond acceptors (Lipinski definition) is 2. The van der Waals surface area contributed by atoms with Gasteiger partial charge in [0.1, 0.15) is 0 Å². The van der Waals surface area contributed by atoms with E-state index in [0.29, 0.717) is 5.56 Å². The van der Waals surface area contributed by atoms with Gasteiger partial charge in [-0.25, -0.2) is 4.79 Å². The van der Waals surface area contributed by atoms with Crippen molar-refractivity contribution in [3.8, 4) is 5.69 Å². The third kappa shape index (κ3) is 3.16. The maximum atomic E-state index is 11.1. The molecule has 1 aromatic heterocycles. The summed E-state index contributed by atoms with van der Waals surface area (Å²) in [6.07, 6.45) is 1.78. The summed E-state index contributed by atoms with van der Waals surface area (Å²) in [6, 6.07) is 9.30. The van der Waals surface area contributed by atoms with Gasteiger partial charge in [0.25, 0.3) is 0 Å². The number of carboxylic acid groups (broad SMARTS) is 1. The van der Waals surface area contributed by atoms with Gasteiger partial charge in [-0.2, -0.15) is 0 Å². The Kier molecular flexibility index (Phi) is 4.48. The van der Waals surface area contributed by atoms with Crippen LogP contribution in [0.15, 0.2) is 30.3 Å². The molecule has 0 amide bonds. The van der Waals surface area contributed by atoms with E-state index in [2.05, 4.69) is 24.5 Å². The van der Waals surface area contributed by atoms with Crippen LogP contribution in [0, 0.1) is 13.8 Å². The average Bonchev–Trinajstić information content (AvgIpc) is 2.73. The number of nitrogens with two attached hydrogens (primary N) is 1. The highest BCUT2D eigenvalue weighted by Crippen LogP contribution is 2.22. The first-order valence-corrected chi connectivity index (χ1v) is 7.21. The summed E-state index contributed by atoms with van der Waals surface area (Å²) in [5.74, 6) is -0.910. The van der Waals surface area contributed by atoms with Gasteiger partial charge in [0.2, 0.25) is 0 Å². The van der Waals surface area contributed by atoms with Crippen LogP contribution in [0.4, 0.5) is 0 Å². The van der Waals surface area contributed by atoms with E-state index in [9.17, 15) is 4.79 Å². The second-order valence-electron chi connectivity index (χ2n) is 5.46. The Bertz CT molecular complexity index is 659. The smallest absolute Gasteiger partial charge is 0.335 e. The topological polar surface area (TPSA) is 68.2 Å². The molecule has 0 aliphatic carbocycles. The van der Waals surface area contributed by atoms with Gasteiger partial charge in [-0.15, -0.1) is 0 Å². The molecule has 0 aliphatic heterocycles. The molecule has 4 heteroatoms. The van der Waals surface area contributed by atoms with Gasteiger partial charge in [0.05, 0.1) is 5.56 Å². The summed E-state index contributed by atoms with van der Waals surface area (Å²) >= 11 is 0. The minimum atomic E-state index is -0.910. The molecule has 1 heterocycles. The van der Waals surface area contributed by atoms with Crippen LogP contribution in [0.25, 0.3) is 5.69 Å². The lowest BCUT2D eigenvalue weighted by Crippen LogP contribution is -2.21. The SMILES string of the molecule is CCC(N)Cc1cc(C)n(-c2cccc(C(=O)O)c2)c1C. The molecule has 0 fully saturated rings. The van der Waals surface area contributed by atoms with Gasteiger partial charge in [-0.3, -0.25) is 0 Å². The van der Waals surface area contributed by atoms with Crippen molar-refractivity contribution in [2.75, 3.05) is 0 Å². The van der Waals surface area contributed by atoms with Crippen LogP contribution in [0.3, 0.4) is 0 Å². The molecule has 1 aromatic carbocycles. The summed E-state index contributed by atoms with van der Waals surface area (Å²) in [5.41, 5.74) is 10.7. The molecule has 21 heavy (non-hydrogen) atoms. The van der Waals surface area contributed by atoms with E-state index in [1.54, 1.807) is 18.2 Å². The van der Waals surface area contributed by atoms with Crippen LogP contribution >= 0.6 is 0 Å². The number of hydrogen-bond donors (Lipinski definition) is 2. The van der Waals surface area contributed by atoms with E-state index in [1.165, 1.54) is 5.56 Å². The standard InChI is InChI=1S/C17H22N2O2/c1-4-15(18)9-14-8-11(2)19(12(14)3)16-7-5-6-13(10-16)17(20)21/h5-8,10,15H,4,9,18H2,1-3H3,(H,20,21). The normalized spacial score (nSPS) is 12.4. The van der Waals surface area contributed by atoms with Crippen molar-refractivity contribution in [1.82, 2.24) is 4.57 Å². The molecule has 2 aromatic rings. The van der Waals surface area contributed by atoms with Gasteiger partial charge < -0.3 is 15.4 Å². The molecule has 1 unspecified atom stereocenters. The summed E-state index contributed by atoms with van der Waals surface area (Å²) in [4.78, 5) is 11.1. The van der Waals surface area contributed by atoms with Crippen LogP contribution in [0.5, 0.6) is 0 Å². The average molecular weight is 286 g/mol. The number of carboxylic acids is 1. The highest BCUT2D eigenvalue weighted by atomic mass is 16.4. The van der Waals surface area contributed by atoms with E-state index in [4.69, 9.17) is 10.8 Å². The van der Waals surface area contributed by atoms with Crippen LogP contribution in [0.1, 0.15) is 40.7 Å². The number of aromatic carboxylic acids is 1. The fourth-order valence-corrected chi connectivity index (χ4v) is 2.64. The van der Waals surface area contributed by atoms with Crippen LogP contribution in [-0.4, -0.2) is 21.7 Å². The summed E-state index contributed by atoms with van der Waals surface area (Å²) < 4.78 is 2.09. The Morgan fingerprint density at radius 1 is 1.33 bits per heavy atom. The molecule has 0 bridgehead atoms. The van der Waals surface area contributed by atoms with E-state index in [0.717, 1.165) is 29.9 Å². The third-order valence-corrected chi connectivity index (χ3v) is 3.89. The maximum absolute atomic E-state index is 11.1. The van der Waals surface area contributed by atoms with Crippen molar-refractivity contribution >= 4 is 5.97 Å². The second kappa shape index (κ2) is 6.14. The number of nitrogens with zero attached hydrogens (tertiary/aromatic N) is 1. The van der Waals surface area contributed by atoms with Crippen molar-refractivity contribution in [3.63, 3.8) is 0 Å². The van der Waals surface area contributed by atoms with Gasteiger partial charge in [-0.1, -0.05) is 13.0 Å². The zero-order chi connectivity index (χ0) is 15.6. The van der Waals surface area contributed by atoms with E-state index >= 15 is 0 Å². The monoisotopic (exact) mass is 286 g/mol. The number of aryl methyl sites for hydroxylation is 1. The molecule has 0 radical (unpaired) electrons. The first-order chi connectivity index (χ1) is 9.93. The lowest BCUT2D eigenvalue weighted by Gasteiger charge is -2.12. The molecule has 112 valence electrons. The van der Waals surface area contributed by atoms with Crippen molar-refractivity contribution in [2.45, 2.75) is 39.7 Å². The van der Waals surface area contributed by atoms with Crippen LogP contribution in [-0.2, 0) is 6.42 Å². The highest BCUT2D eigenvalue weighted by molar-refractivity contribution is 5.88. The predicted octanol–water partition coefficient (Wildman–Crippen LogP) is 3.07. The fraction of sp³-hybridized carbons (Fsp3) is 0.353. The number of rotatable bonds is 5. The van der Waals surface area contributed by atoms with Crippen molar-refractivity contribution in [2.24, 2.45) is 5.73 Å². The molecule has 0 saturated heterocycles. The van der Waals surface area contributed by atoms with Gasteiger partial charge in [0.15, 0.2) is 0 Å². The Morgan fingerprint density at radius 2 is 2.05 bits per heavy atom. The van der Waals surface area contributed by atoms with E-state index in [1.807, 2.05) is 13.0 Å². The highest BCUT2D eigenvalue weighted by Gasteiger charge is 2.14. The number of aromatic nitrogens is 1. The lowest BCUT2D eigenvalue weighted by molar-refractivity contribution is 0.0697. The molecular formula is C17H22N2O2. The molecule has 3 N–H and O–H groups in total. The Balaban J connectivity index is 2.45. The first kappa shape index (κ1) is 15.3. The molecule has 0 saturated carbocycles. The Hall–Kier alpha value is -2.07. The van der Waals surface area contributed by atoms with Crippen molar-refractivity contribution in [3.05, 3.63) is 52.8 Å². The second-order valence-corrected chi connectivity index (χ2v) is 5.46. The lowest BCUT2D eigenvalue weighted by atomic mass is 10.1. The Morgan fingerprint density at radius 3 is 2.67 bits per heavy atom. The van der Waals surface area contributed by atoms with E-state index < -0.39 is 5.97 Å². The van der Waals surface area contributed by atoms with Crippen molar-refractivity contribution in [1.29, 1.82) is 0 Å². The predicted molar refractivity (Wildman–Crippen MR) is 84.2 cm³/mol. The minimum Gasteiger partial charge on any atom is -0.478 e. The largest absolute Gasteiger partial charge is 0.478 e. The number of benzene rings is 1. The molecule has 4 nitrogen and oxygen atoms in total. The maximum Gasteiger partial charge on any atom is 0.335 e. The zero-order valence-corrected chi connectivity index (χ0v) is 12.8. The minimum absolute atomic E-state index is 0.157. The molecule has 0 aliphatic rings. The van der Waals surface area contributed by atoms with E-state index in [-0.39, 0.29) is 6.04 Å². The summed E-state index contributed by atoms with van der Waals surface area (Å²) in [7, 11) is 0. The first-order valence-electron chi connectivity index (χ1n) is 7.21. The fourth-order valence-electron chi connectivity index (χ4n) is 2.64. The number of carbonyl (C=O) groups is 1. The quantitative estimate of drug-likeness (QED) is 0.887. The zero-order valence-electron chi connectivity index (χ0n) is 12.8. The molecular weight excluding hydrogens is 264 g/mol. The van der Waals surface area contributed by atoms with Gasteiger partial charge >= 0.3 is 5.97 Å². The molecule has 0 spiro atoms. The van der Waals surface area contributed by atoms with Crippen LogP contribution in [0.2, 0.25) is 0 Å². The molecule has 1 atom stereocenters. The van der Waals surface area contributed by atoms with Gasteiger partial charge in [-0.05, 0) is 56.5 Å². The van der Waals surface area contributed by atoms with Gasteiger partial charge in [0, 0.05) is 23.1 Å². The summed E-state index contributed by atoms with van der Waals surface area (Å²) in [5, 5.41) is 9.13. The van der Waals surface area contributed by atoms with Crippen molar-refractivity contribution < 1.29 is 9.90 Å².